The number of benzene rings is 1. The molecule has 7 nitrogen and oxygen atoms in total. The average Bonchev–Trinajstić information content (AvgIpc) is 2.87. The summed E-state index contributed by atoms with van der Waals surface area (Å²) in [4.78, 5) is 48.6. The minimum absolute atomic E-state index is 0.168. The van der Waals surface area contributed by atoms with Crippen LogP contribution in [-0.4, -0.2) is 48.2 Å². The number of esters is 2. The van der Waals surface area contributed by atoms with Gasteiger partial charge in [0, 0.05) is 0 Å². The number of amides is 2. The lowest BCUT2D eigenvalue weighted by molar-refractivity contribution is -0.147. The van der Waals surface area contributed by atoms with Crippen LogP contribution in [0.3, 0.4) is 0 Å². The van der Waals surface area contributed by atoms with Crippen LogP contribution in [0.25, 0.3) is 6.08 Å². The highest BCUT2D eigenvalue weighted by molar-refractivity contribution is 8.18. The van der Waals surface area contributed by atoms with E-state index in [0.717, 1.165) is 16.7 Å². The highest BCUT2D eigenvalue weighted by Crippen LogP contribution is 2.32. The number of nitrogens with zero attached hydrogens (tertiary/aromatic N) is 1. The van der Waals surface area contributed by atoms with Gasteiger partial charge in [-0.05, 0) is 41.5 Å². The molecule has 0 atom stereocenters. The Morgan fingerprint density at radius 3 is 2.42 bits per heavy atom. The van der Waals surface area contributed by atoms with E-state index < -0.39 is 29.6 Å². The Kier molecular flexibility index (Phi) is 6.57. The predicted octanol–water partition coefficient (Wildman–Crippen LogP) is 2.71. The summed E-state index contributed by atoms with van der Waals surface area (Å²) in [6, 6.07) is 6.39. The molecular formula is C18H19NO6S. The Balaban J connectivity index is 2.06. The van der Waals surface area contributed by atoms with Crippen molar-refractivity contribution in [2.75, 3.05) is 20.3 Å². The normalized spacial score (nSPS) is 15.7. The smallest absolute Gasteiger partial charge is 0.337 e. The van der Waals surface area contributed by atoms with E-state index in [1.54, 1.807) is 24.3 Å². The molecule has 1 aliphatic heterocycles. The van der Waals surface area contributed by atoms with Crippen molar-refractivity contribution in [2.45, 2.75) is 13.8 Å². The van der Waals surface area contributed by atoms with E-state index in [4.69, 9.17) is 4.74 Å². The van der Waals surface area contributed by atoms with Gasteiger partial charge in [0.1, 0.15) is 6.54 Å². The molecule has 1 fully saturated rings. The summed E-state index contributed by atoms with van der Waals surface area (Å²) in [5.41, 5.74) is 1.02. The van der Waals surface area contributed by atoms with E-state index >= 15 is 0 Å². The van der Waals surface area contributed by atoms with Crippen LogP contribution in [0.15, 0.2) is 29.2 Å². The molecule has 0 N–H and O–H groups in total. The number of imide groups is 1. The van der Waals surface area contributed by atoms with Crippen molar-refractivity contribution in [1.29, 1.82) is 0 Å². The fourth-order valence-electron chi connectivity index (χ4n) is 2.06. The minimum Gasteiger partial charge on any atom is -0.465 e. The molecule has 0 unspecified atom stereocenters. The van der Waals surface area contributed by atoms with Gasteiger partial charge in [0.25, 0.3) is 11.1 Å². The van der Waals surface area contributed by atoms with Crippen molar-refractivity contribution < 1.29 is 28.7 Å². The van der Waals surface area contributed by atoms with Gasteiger partial charge in [-0.3, -0.25) is 19.3 Å². The Labute approximate surface area is 155 Å². The van der Waals surface area contributed by atoms with Gasteiger partial charge in [-0.1, -0.05) is 26.0 Å². The van der Waals surface area contributed by atoms with Gasteiger partial charge in [0.2, 0.25) is 0 Å². The van der Waals surface area contributed by atoms with Crippen LogP contribution in [-0.2, 0) is 19.1 Å². The highest BCUT2D eigenvalue weighted by Gasteiger charge is 2.36. The van der Waals surface area contributed by atoms with Crippen LogP contribution in [0.4, 0.5) is 4.79 Å². The van der Waals surface area contributed by atoms with Crippen molar-refractivity contribution in [2.24, 2.45) is 5.92 Å². The lowest BCUT2D eigenvalue weighted by Crippen LogP contribution is -2.34. The molecule has 26 heavy (non-hydrogen) atoms. The van der Waals surface area contributed by atoms with E-state index in [1.165, 1.54) is 13.2 Å². The van der Waals surface area contributed by atoms with Crippen molar-refractivity contribution >= 4 is 40.9 Å². The molecule has 2 amide bonds. The van der Waals surface area contributed by atoms with Crippen LogP contribution < -0.4 is 0 Å². The quantitative estimate of drug-likeness (QED) is 0.556. The first-order valence-corrected chi connectivity index (χ1v) is 8.73. The monoisotopic (exact) mass is 377 g/mol. The van der Waals surface area contributed by atoms with Crippen molar-refractivity contribution in [3.8, 4) is 0 Å². The molecule has 0 spiro atoms. The van der Waals surface area contributed by atoms with Crippen LogP contribution in [0.1, 0.15) is 29.8 Å². The number of hydrogen-bond acceptors (Lipinski definition) is 7. The molecule has 8 heteroatoms. The second kappa shape index (κ2) is 8.66. The van der Waals surface area contributed by atoms with Crippen LogP contribution in [0, 0.1) is 5.92 Å². The Morgan fingerprint density at radius 1 is 1.19 bits per heavy atom. The summed E-state index contributed by atoms with van der Waals surface area (Å²) in [5.74, 6) is -1.46. The fourth-order valence-corrected chi connectivity index (χ4v) is 2.89. The van der Waals surface area contributed by atoms with Crippen LogP contribution >= 0.6 is 11.8 Å². The zero-order valence-electron chi connectivity index (χ0n) is 14.7. The molecule has 0 bridgehead atoms. The molecule has 0 radical (unpaired) electrons. The maximum Gasteiger partial charge on any atom is 0.337 e. The molecule has 0 aromatic heterocycles. The third-order valence-corrected chi connectivity index (χ3v) is 4.28. The Hall–Kier alpha value is -2.61. The third-order valence-electron chi connectivity index (χ3n) is 3.37. The predicted molar refractivity (Wildman–Crippen MR) is 96.3 cm³/mol. The Morgan fingerprint density at radius 2 is 1.85 bits per heavy atom. The van der Waals surface area contributed by atoms with E-state index in [1.807, 2.05) is 13.8 Å². The number of carbonyl (C=O) groups is 4. The summed E-state index contributed by atoms with van der Waals surface area (Å²) in [7, 11) is 1.29. The molecule has 1 aromatic rings. The molecule has 2 rings (SSSR count). The van der Waals surface area contributed by atoms with Gasteiger partial charge in [-0.25, -0.2) is 4.79 Å². The summed E-state index contributed by atoms with van der Waals surface area (Å²) in [5, 5.41) is -0.520. The van der Waals surface area contributed by atoms with Gasteiger partial charge in [-0.2, -0.15) is 0 Å². The van der Waals surface area contributed by atoms with Gasteiger partial charge in [-0.15, -0.1) is 0 Å². The van der Waals surface area contributed by atoms with E-state index in [9.17, 15) is 19.2 Å². The topological polar surface area (TPSA) is 90.0 Å². The van der Waals surface area contributed by atoms with Crippen molar-refractivity contribution in [3.05, 3.63) is 40.3 Å². The number of carbonyl (C=O) groups excluding carboxylic acids is 4. The summed E-state index contributed by atoms with van der Waals surface area (Å²) in [6.07, 6.45) is 1.53. The van der Waals surface area contributed by atoms with Crippen molar-refractivity contribution in [1.82, 2.24) is 4.90 Å². The summed E-state index contributed by atoms with van der Waals surface area (Å²) >= 11 is 0.757. The van der Waals surface area contributed by atoms with Crippen molar-refractivity contribution in [3.63, 3.8) is 0 Å². The molecular weight excluding hydrogens is 358 g/mol. The molecule has 0 saturated carbocycles. The zero-order chi connectivity index (χ0) is 19.3. The summed E-state index contributed by atoms with van der Waals surface area (Å²) in [6.45, 7) is 3.61. The fraction of sp³-hybridized carbons (Fsp3) is 0.333. The Bertz CT molecular complexity index is 753. The number of rotatable bonds is 6. The molecule has 1 heterocycles. The highest BCUT2D eigenvalue weighted by atomic mass is 32.2. The number of hydrogen-bond donors (Lipinski definition) is 0. The molecule has 1 saturated heterocycles. The third kappa shape index (κ3) is 4.95. The molecule has 0 aliphatic carbocycles. The molecule has 1 aromatic carbocycles. The lowest BCUT2D eigenvalue weighted by atomic mass is 10.1. The van der Waals surface area contributed by atoms with Gasteiger partial charge in [0.15, 0.2) is 0 Å². The molecule has 138 valence electrons. The zero-order valence-corrected chi connectivity index (χ0v) is 15.5. The average molecular weight is 377 g/mol. The minimum atomic E-state index is -0.621. The van der Waals surface area contributed by atoms with Gasteiger partial charge >= 0.3 is 11.9 Å². The first-order chi connectivity index (χ1) is 12.3. The number of ether oxygens (including phenoxy) is 2. The van der Waals surface area contributed by atoms with Crippen LogP contribution in [0.2, 0.25) is 0 Å². The standard InChI is InChI=1S/C18H19NO6S/c1-11(2)10-25-15(20)9-19-16(21)14(26-18(19)23)8-12-4-6-13(7-5-12)17(22)24-3/h4-8,11H,9-10H2,1-3H3/b14-8+. The number of methoxy groups -OCH3 is 1. The second-order valence-electron chi connectivity index (χ2n) is 5.96. The maximum absolute atomic E-state index is 12.3. The van der Waals surface area contributed by atoms with Gasteiger partial charge < -0.3 is 9.47 Å². The summed E-state index contributed by atoms with van der Waals surface area (Å²) < 4.78 is 9.62. The second-order valence-corrected chi connectivity index (χ2v) is 6.95. The lowest BCUT2D eigenvalue weighted by Gasteiger charge is -2.12. The SMILES string of the molecule is COC(=O)c1ccc(/C=C2/SC(=O)N(CC(=O)OCC(C)C)C2=O)cc1. The first-order valence-electron chi connectivity index (χ1n) is 7.91. The maximum atomic E-state index is 12.3. The van der Waals surface area contributed by atoms with Gasteiger partial charge in [0.05, 0.1) is 24.2 Å². The van der Waals surface area contributed by atoms with E-state index in [-0.39, 0.29) is 17.4 Å². The number of thioether (sulfide) groups is 1. The molecule has 1 aliphatic rings. The van der Waals surface area contributed by atoms with E-state index in [2.05, 4.69) is 4.74 Å². The van der Waals surface area contributed by atoms with Crippen LogP contribution in [0.5, 0.6) is 0 Å². The van der Waals surface area contributed by atoms with E-state index in [0.29, 0.717) is 11.1 Å². The largest absolute Gasteiger partial charge is 0.465 e. The first kappa shape index (κ1) is 19.7.